The van der Waals surface area contributed by atoms with Gasteiger partial charge in [-0.2, -0.15) is 0 Å². The number of hydrogen-bond donors (Lipinski definition) is 0. The Morgan fingerprint density at radius 2 is 1.15 bits per heavy atom. The molecule has 154 valence electrons. The average molecular weight is 394 g/mol. The van der Waals surface area contributed by atoms with Gasteiger partial charge in [-0.05, 0) is 84.0 Å². The zero-order chi connectivity index (χ0) is 19.1. The summed E-state index contributed by atoms with van der Waals surface area (Å²) in [6.07, 6.45) is 23.0. The summed E-state index contributed by atoms with van der Waals surface area (Å²) >= 11 is 0. The van der Waals surface area contributed by atoms with E-state index in [2.05, 4.69) is 6.58 Å². The molecule has 0 aliphatic heterocycles. The van der Waals surface area contributed by atoms with Crippen molar-refractivity contribution in [3.8, 4) is 0 Å². The third kappa shape index (κ3) is 5.17. The predicted molar refractivity (Wildman–Crippen MR) is 118 cm³/mol. The Morgan fingerprint density at radius 3 is 1.48 bits per heavy atom. The first-order valence-electron chi connectivity index (χ1n) is 11.8. The Hall–Kier alpha value is -0.360. The maximum absolute atomic E-state index is 12.0. The van der Waals surface area contributed by atoms with Gasteiger partial charge in [-0.3, -0.25) is 0 Å². The molecule has 3 rings (SSSR count). The molecule has 2 nitrogen and oxygen atoms in total. The Morgan fingerprint density at radius 1 is 0.778 bits per heavy atom. The number of esters is 1. The van der Waals surface area contributed by atoms with E-state index in [1.165, 1.54) is 102 Å². The van der Waals surface area contributed by atoms with E-state index in [-0.39, 0.29) is 5.97 Å². The van der Waals surface area contributed by atoms with Crippen molar-refractivity contribution in [2.75, 3.05) is 12.8 Å². The lowest BCUT2D eigenvalue weighted by atomic mass is 9.99. The molecule has 0 heterocycles. The van der Waals surface area contributed by atoms with Crippen LogP contribution >= 0.6 is 7.26 Å². The maximum atomic E-state index is 12.0. The Bertz CT molecular complexity index is 437. The molecular formula is C24H42O2P+. The molecule has 0 atom stereocenters. The second kappa shape index (κ2) is 10.4. The third-order valence-electron chi connectivity index (χ3n) is 7.82. The van der Waals surface area contributed by atoms with Crippen molar-refractivity contribution in [2.24, 2.45) is 0 Å². The smallest absolute Gasteiger partial charge is 0.333 e. The Labute approximate surface area is 168 Å². The Balaban J connectivity index is 1.84. The van der Waals surface area contributed by atoms with Crippen LogP contribution in [0.1, 0.15) is 103 Å². The summed E-state index contributed by atoms with van der Waals surface area (Å²) in [6.45, 7) is 6.20. The van der Waals surface area contributed by atoms with E-state index in [9.17, 15) is 4.79 Å². The SMILES string of the molecule is C=C(C)C(=O)OCC[P+](C1CCCCC1)(C1CCCCC1)C1CCCCC1. The topological polar surface area (TPSA) is 26.3 Å². The summed E-state index contributed by atoms with van der Waals surface area (Å²) in [5, 5.41) is 0. The molecule has 0 spiro atoms. The van der Waals surface area contributed by atoms with Crippen LogP contribution in [0.2, 0.25) is 0 Å². The average Bonchev–Trinajstić information content (AvgIpc) is 2.73. The highest BCUT2D eigenvalue weighted by Gasteiger charge is 2.56. The molecule has 0 aromatic heterocycles. The van der Waals surface area contributed by atoms with Crippen LogP contribution in [0.25, 0.3) is 0 Å². The number of rotatable bonds is 7. The molecule has 0 amide bonds. The maximum Gasteiger partial charge on any atom is 0.333 e. The van der Waals surface area contributed by atoms with Gasteiger partial charge < -0.3 is 4.74 Å². The summed E-state index contributed by atoms with van der Waals surface area (Å²) in [5.74, 6) is -0.177. The van der Waals surface area contributed by atoms with Gasteiger partial charge in [0.1, 0.15) is 6.61 Å². The first kappa shape index (κ1) is 21.4. The largest absolute Gasteiger partial charge is 0.458 e. The van der Waals surface area contributed by atoms with Crippen LogP contribution in [0.3, 0.4) is 0 Å². The molecule has 27 heavy (non-hydrogen) atoms. The molecule has 3 aliphatic carbocycles. The van der Waals surface area contributed by atoms with Gasteiger partial charge in [-0.25, -0.2) is 4.79 Å². The highest BCUT2D eigenvalue weighted by Crippen LogP contribution is 2.77. The van der Waals surface area contributed by atoms with Gasteiger partial charge in [0.25, 0.3) is 0 Å². The van der Waals surface area contributed by atoms with E-state index in [1.807, 2.05) is 0 Å². The van der Waals surface area contributed by atoms with Crippen LogP contribution in [0.4, 0.5) is 0 Å². The third-order valence-corrected chi connectivity index (χ3v) is 14.4. The minimum absolute atomic E-state index is 0.177. The molecular weight excluding hydrogens is 351 g/mol. The van der Waals surface area contributed by atoms with Crippen molar-refractivity contribution in [3.63, 3.8) is 0 Å². The quantitative estimate of drug-likeness (QED) is 0.261. The van der Waals surface area contributed by atoms with Crippen LogP contribution in [-0.4, -0.2) is 35.7 Å². The lowest BCUT2D eigenvalue weighted by Crippen LogP contribution is -2.38. The summed E-state index contributed by atoms with van der Waals surface area (Å²) < 4.78 is 5.72. The van der Waals surface area contributed by atoms with Crippen LogP contribution in [-0.2, 0) is 9.53 Å². The molecule has 3 aliphatic rings. The lowest BCUT2D eigenvalue weighted by Gasteiger charge is -2.49. The molecule has 0 radical (unpaired) electrons. The predicted octanol–water partition coefficient (Wildman–Crippen LogP) is 7.12. The number of carbonyl (C=O) groups excluding carboxylic acids is 1. The van der Waals surface area contributed by atoms with Crippen molar-refractivity contribution in [2.45, 2.75) is 120 Å². The van der Waals surface area contributed by atoms with E-state index in [0.29, 0.717) is 12.2 Å². The standard InChI is InChI=1S/C24H42O2P/c1-20(2)24(25)26-18-19-27(21-12-6-3-7-13-21,22-14-8-4-9-15-22)23-16-10-5-11-17-23/h21-23H,1,3-19H2,2H3/q+1. The second-order valence-corrected chi connectivity index (χ2v) is 14.1. The number of carbonyl (C=O) groups is 1. The monoisotopic (exact) mass is 393 g/mol. The van der Waals surface area contributed by atoms with E-state index in [0.717, 1.165) is 17.0 Å². The van der Waals surface area contributed by atoms with Crippen LogP contribution in [0, 0.1) is 0 Å². The zero-order valence-corrected chi connectivity index (χ0v) is 18.6. The molecule has 0 aromatic carbocycles. The first-order chi connectivity index (χ1) is 13.1. The van der Waals surface area contributed by atoms with E-state index in [1.54, 1.807) is 6.92 Å². The van der Waals surface area contributed by atoms with Gasteiger partial charge in [0.2, 0.25) is 0 Å². The highest BCUT2D eigenvalue weighted by atomic mass is 31.2. The summed E-state index contributed by atoms with van der Waals surface area (Å²) in [4.78, 5) is 12.0. The summed E-state index contributed by atoms with van der Waals surface area (Å²) in [7, 11) is -1.12. The highest BCUT2D eigenvalue weighted by molar-refractivity contribution is 7.77. The van der Waals surface area contributed by atoms with Crippen molar-refractivity contribution in [1.82, 2.24) is 0 Å². The molecule has 3 saturated carbocycles. The summed E-state index contributed by atoms with van der Waals surface area (Å²) in [6, 6.07) is 0. The van der Waals surface area contributed by atoms with Crippen LogP contribution in [0.5, 0.6) is 0 Å². The molecule has 3 heteroatoms. The van der Waals surface area contributed by atoms with Gasteiger partial charge in [0.05, 0.1) is 23.1 Å². The molecule has 0 saturated heterocycles. The fraction of sp³-hybridized carbons (Fsp3) is 0.875. The number of ether oxygens (including phenoxy) is 1. The van der Waals surface area contributed by atoms with Gasteiger partial charge in [0, 0.05) is 12.8 Å². The van der Waals surface area contributed by atoms with Gasteiger partial charge in [-0.15, -0.1) is 0 Å². The van der Waals surface area contributed by atoms with E-state index < -0.39 is 7.26 Å². The molecule has 0 bridgehead atoms. The van der Waals surface area contributed by atoms with E-state index >= 15 is 0 Å². The second-order valence-electron chi connectivity index (χ2n) is 9.51. The summed E-state index contributed by atoms with van der Waals surface area (Å²) in [5.41, 5.74) is 3.47. The number of hydrogen-bond acceptors (Lipinski definition) is 2. The zero-order valence-electron chi connectivity index (χ0n) is 17.7. The molecule has 0 N–H and O–H groups in total. The first-order valence-corrected chi connectivity index (χ1v) is 14.0. The normalized spacial score (nSPS) is 23.9. The van der Waals surface area contributed by atoms with Gasteiger partial charge in [0.15, 0.2) is 0 Å². The fourth-order valence-electron chi connectivity index (χ4n) is 6.55. The lowest BCUT2D eigenvalue weighted by molar-refractivity contribution is -0.138. The van der Waals surface area contributed by atoms with Crippen molar-refractivity contribution >= 4 is 13.2 Å². The minimum atomic E-state index is -1.12. The van der Waals surface area contributed by atoms with Crippen molar-refractivity contribution in [3.05, 3.63) is 12.2 Å². The molecule has 0 unspecified atom stereocenters. The van der Waals surface area contributed by atoms with E-state index in [4.69, 9.17) is 4.74 Å². The molecule has 3 fully saturated rings. The van der Waals surface area contributed by atoms with Gasteiger partial charge >= 0.3 is 5.97 Å². The minimum Gasteiger partial charge on any atom is -0.458 e. The van der Waals surface area contributed by atoms with Gasteiger partial charge in [-0.1, -0.05) is 25.8 Å². The fourth-order valence-corrected chi connectivity index (χ4v) is 13.8. The van der Waals surface area contributed by atoms with Crippen LogP contribution < -0.4 is 0 Å². The van der Waals surface area contributed by atoms with Crippen molar-refractivity contribution in [1.29, 1.82) is 0 Å². The van der Waals surface area contributed by atoms with Crippen molar-refractivity contribution < 1.29 is 9.53 Å². The Kier molecular flexibility index (Phi) is 8.24. The van der Waals surface area contributed by atoms with Crippen LogP contribution in [0.15, 0.2) is 12.2 Å². The molecule has 0 aromatic rings.